The summed E-state index contributed by atoms with van der Waals surface area (Å²) in [6.45, 7) is 6.17. The van der Waals surface area contributed by atoms with Gasteiger partial charge in [-0.25, -0.2) is 9.97 Å². The van der Waals surface area contributed by atoms with Crippen molar-refractivity contribution in [2.45, 2.75) is 44.4 Å². The van der Waals surface area contributed by atoms with Gasteiger partial charge in [0.15, 0.2) is 0 Å². The second kappa shape index (κ2) is 7.26. The van der Waals surface area contributed by atoms with Crippen LogP contribution in [-0.4, -0.2) is 27.9 Å². The van der Waals surface area contributed by atoms with Crippen molar-refractivity contribution in [2.24, 2.45) is 5.41 Å². The van der Waals surface area contributed by atoms with Crippen LogP contribution in [0, 0.1) is 15.5 Å². The number of hydrogen-bond donors (Lipinski definition) is 1. The number of anilines is 1. The van der Waals surface area contributed by atoms with Crippen molar-refractivity contribution < 1.29 is 14.5 Å². The topological polar surface area (TPSA) is 107 Å². The Bertz CT molecular complexity index is 1410. The number of nitro benzene ring substituents is 1. The van der Waals surface area contributed by atoms with Crippen molar-refractivity contribution in [3.8, 4) is 5.75 Å². The van der Waals surface area contributed by atoms with Gasteiger partial charge in [-0.2, -0.15) is 0 Å². The van der Waals surface area contributed by atoms with Gasteiger partial charge < -0.3 is 10.1 Å². The van der Waals surface area contributed by atoms with Crippen LogP contribution in [0.15, 0.2) is 30.3 Å². The van der Waals surface area contributed by atoms with Gasteiger partial charge in [0.1, 0.15) is 11.4 Å². The van der Waals surface area contributed by atoms with Crippen LogP contribution in [0.3, 0.4) is 0 Å². The van der Waals surface area contributed by atoms with Gasteiger partial charge in [-0.15, -0.1) is 0 Å². The number of halogens is 2. The van der Waals surface area contributed by atoms with Crippen LogP contribution in [0.4, 0.5) is 11.4 Å². The third-order valence-corrected chi connectivity index (χ3v) is 8.84. The molecule has 0 radical (unpaired) electrons. The van der Waals surface area contributed by atoms with E-state index in [2.05, 4.69) is 12.2 Å². The average molecular weight is 501 g/mol. The first-order valence-corrected chi connectivity index (χ1v) is 11.5. The zero-order chi connectivity index (χ0) is 24.6. The van der Waals surface area contributed by atoms with E-state index in [0.29, 0.717) is 38.9 Å². The fourth-order valence-electron chi connectivity index (χ4n) is 5.73. The lowest BCUT2D eigenvalue weighted by Crippen LogP contribution is -2.48. The normalized spacial score (nSPS) is 24.2. The molecule has 34 heavy (non-hydrogen) atoms. The van der Waals surface area contributed by atoms with Crippen molar-refractivity contribution in [1.29, 1.82) is 0 Å². The molecule has 176 valence electrons. The largest absolute Gasteiger partial charge is 0.496 e. The molecule has 1 amide bonds. The molecule has 8 nitrogen and oxygen atoms in total. The molecular weight excluding hydrogens is 479 g/mol. The Labute approximate surface area is 205 Å². The van der Waals surface area contributed by atoms with E-state index in [1.165, 1.54) is 19.2 Å². The third kappa shape index (κ3) is 2.75. The second-order valence-corrected chi connectivity index (χ2v) is 10.4. The highest BCUT2D eigenvalue weighted by Crippen LogP contribution is 2.70. The molecule has 3 aromatic rings. The highest BCUT2D eigenvalue weighted by molar-refractivity contribution is 6.42. The van der Waals surface area contributed by atoms with Gasteiger partial charge in [-0.1, -0.05) is 44.0 Å². The molecule has 2 bridgehead atoms. The van der Waals surface area contributed by atoms with Gasteiger partial charge >= 0.3 is 0 Å². The Balaban J connectivity index is 1.68. The number of methoxy groups -OCH3 is 1. The maximum atomic E-state index is 14.0. The van der Waals surface area contributed by atoms with E-state index in [1.807, 2.05) is 13.8 Å². The van der Waals surface area contributed by atoms with Gasteiger partial charge in [0, 0.05) is 5.41 Å². The first kappa shape index (κ1) is 22.8. The summed E-state index contributed by atoms with van der Waals surface area (Å²) in [5, 5.41) is 15.3. The maximum absolute atomic E-state index is 14.0. The van der Waals surface area contributed by atoms with Crippen LogP contribution in [0.5, 0.6) is 5.75 Å². The van der Waals surface area contributed by atoms with Gasteiger partial charge in [0.2, 0.25) is 5.91 Å². The lowest BCUT2D eigenvalue weighted by Gasteiger charge is -2.39. The summed E-state index contributed by atoms with van der Waals surface area (Å²) in [7, 11) is 1.43. The van der Waals surface area contributed by atoms with Crippen LogP contribution in [-0.2, 0) is 15.6 Å². The number of aromatic nitrogens is 2. The Hall–Kier alpha value is -2.97. The molecule has 1 N–H and O–H groups in total. The molecule has 1 heterocycles. The standard InChI is InChI=1S/C24H22Cl2N4O4/c1-22(2)23(3)7-8-24(22,20-19(23)27-16-10-13(25)14(26)11-17(16)28-20)21(31)29-15-6-5-12(34-4)9-18(15)30(32)33/h5-6,9-11H,7-8H2,1-4H3,(H,29,31). The molecule has 2 unspecified atom stereocenters. The van der Waals surface area contributed by atoms with Gasteiger partial charge in [-0.3, -0.25) is 14.9 Å². The fraction of sp³-hybridized carbons (Fsp3) is 0.375. The SMILES string of the molecule is COc1ccc(NC(=O)C23CCC(C)(c4nc5cc(Cl)c(Cl)cc5nc42)C3(C)C)c([N+](=O)[O-])c1. The molecule has 2 aromatic carbocycles. The predicted molar refractivity (Wildman–Crippen MR) is 130 cm³/mol. The predicted octanol–water partition coefficient (Wildman–Crippen LogP) is 5.82. The van der Waals surface area contributed by atoms with E-state index in [-0.39, 0.29) is 17.3 Å². The molecule has 0 aliphatic heterocycles. The summed E-state index contributed by atoms with van der Waals surface area (Å²) in [5.41, 5.74) is 0.357. The minimum atomic E-state index is -1.03. The molecular formula is C24H22Cl2N4O4. The van der Waals surface area contributed by atoms with Gasteiger partial charge in [-0.05, 0) is 42.5 Å². The van der Waals surface area contributed by atoms with Gasteiger partial charge in [0.25, 0.3) is 5.69 Å². The summed E-state index contributed by atoms with van der Waals surface area (Å²) < 4.78 is 5.11. The summed E-state index contributed by atoms with van der Waals surface area (Å²) in [6.07, 6.45) is 1.27. The number of nitro groups is 1. The smallest absolute Gasteiger partial charge is 0.296 e. The monoisotopic (exact) mass is 500 g/mol. The summed E-state index contributed by atoms with van der Waals surface area (Å²) in [6, 6.07) is 7.68. The summed E-state index contributed by atoms with van der Waals surface area (Å²) in [5.74, 6) is -0.0160. The molecule has 5 rings (SSSR count). The Morgan fingerprint density at radius 2 is 1.68 bits per heavy atom. The van der Waals surface area contributed by atoms with Crippen molar-refractivity contribution in [2.75, 3.05) is 12.4 Å². The molecule has 1 saturated carbocycles. The van der Waals surface area contributed by atoms with E-state index < -0.39 is 21.2 Å². The fourth-order valence-corrected chi connectivity index (χ4v) is 6.04. The van der Waals surface area contributed by atoms with E-state index in [1.54, 1.807) is 18.2 Å². The minimum Gasteiger partial charge on any atom is -0.496 e. The number of carbonyl (C=O) groups is 1. The zero-order valence-corrected chi connectivity index (χ0v) is 20.5. The number of hydrogen-bond acceptors (Lipinski definition) is 6. The Morgan fingerprint density at radius 3 is 2.26 bits per heavy atom. The van der Waals surface area contributed by atoms with Gasteiger partial charge in [0.05, 0.1) is 56.0 Å². The van der Waals surface area contributed by atoms with Crippen molar-refractivity contribution in [3.63, 3.8) is 0 Å². The van der Waals surface area contributed by atoms with Crippen LogP contribution in [0.25, 0.3) is 11.0 Å². The minimum absolute atomic E-state index is 0.103. The lowest BCUT2D eigenvalue weighted by atomic mass is 9.63. The van der Waals surface area contributed by atoms with Crippen LogP contribution >= 0.6 is 23.2 Å². The van der Waals surface area contributed by atoms with Crippen LogP contribution in [0.1, 0.15) is 45.0 Å². The lowest BCUT2D eigenvalue weighted by molar-refractivity contribution is -0.384. The number of ether oxygens (including phenoxy) is 1. The molecule has 2 aliphatic rings. The maximum Gasteiger partial charge on any atom is 0.296 e. The number of amides is 1. The number of nitrogens with zero attached hydrogens (tertiary/aromatic N) is 3. The number of nitrogens with one attached hydrogen (secondary N) is 1. The summed E-state index contributed by atoms with van der Waals surface area (Å²) >= 11 is 12.4. The van der Waals surface area contributed by atoms with E-state index in [0.717, 1.165) is 12.1 Å². The highest BCUT2D eigenvalue weighted by atomic mass is 35.5. The molecule has 10 heteroatoms. The second-order valence-electron chi connectivity index (χ2n) is 9.63. The number of carbonyl (C=O) groups excluding carboxylic acids is 1. The summed E-state index contributed by atoms with van der Waals surface area (Å²) in [4.78, 5) is 34.9. The molecule has 0 saturated heterocycles. The first-order valence-electron chi connectivity index (χ1n) is 10.8. The molecule has 0 spiro atoms. The van der Waals surface area contributed by atoms with Crippen LogP contribution < -0.4 is 10.1 Å². The van der Waals surface area contributed by atoms with Crippen molar-refractivity contribution >= 4 is 51.5 Å². The Kier molecular flexibility index (Phi) is 4.87. The number of fused-ring (bicyclic) bond motifs is 6. The molecule has 2 aliphatic carbocycles. The Morgan fingerprint density at radius 1 is 1.06 bits per heavy atom. The van der Waals surface area contributed by atoms with E-state index in [9.17, 15) is 14.9 Å². The van der Waals surface area contributed by atoms with Crippen molar-refractivity contribution in [1.82, 2.24) is 9.97 Å². The van der Waals surface area contributed by atoms with Crippen molar-refractivity contribution in [3.05, 3.63) is 61.9 Å². The molecule has 2 atom stereocenters. The number of benzene rings is 2. The number of rotatable bonds is 4. The molecule has 1 fully saturated rings. The zero-order valence-electron chi connectivity index (χ0n) is 19.0. The van der Waals surface area contributed by atoms with E-state index in [4.69, 9.17) is 37.9 Å². The third-order valence-electron chi connectivity index (χ3n) is 8.12. The van der Waals surface area contributed by atoms with E-state index >= 15 is 0 Å². The quantitative estimate of drug-likeness (QED) is 0.357. The highest BCUT2D eigenvalue weighted by Gasteiger charge is 2.73. The molecule has 1 aromatic heterocycles. The first-order chi connectivity index (χ1) is 16.0. The average Bonchev–Trinajstić information content (AvgIpc) is 3.08. The van der Waals surface area contributed by atoms with Crippen LogP contribution in [0.2, 0.25) is 10.0 Å².